The fraction of sp³-hybridized carbons (Fsp3) is 0.357. The van der Waals surface area contributed by atoms with Crippen molar-refractivity contribution in [3.05, 3.63) is 82.3 Å². The lowest BCUT2D eigenvalue weighted by Crippen LogP contribution is -2.06. The van der Waals surface area contributed by atoms with Gasteiger partial charge in [-0.15, -0.1) is 5.10 Å². The molecule has 0 saturated heterocycles. The molecule has 0 N–H and O–H groups in total. The first-order valence-corrected chi connectivity index (χ1v) is 13.7. The van der Waals surface area contributed by atoms with Crippen LogP contribution in [0.4, 0.5) is 4.39 Å². The fourth-order valence-electron chi connectivity index (χ4n) is 4.91. The van der Waals surface area contributed by atoms with Gasteiger partial charge in [0, 0.05) is 31.4 Å². The SMILES string of the molecule is CCOC(=O)CCc1cc(C2CC2)cn2cc(Cn3cc(C(=O)CCc4ncn5ccc(Cl)c(F)c45)nn3)nc12. The number of halogens is 2. The second kappa shape index (κ2) is 10.8. The quantitative estimate of drug-likeness (QED) is 0.171. The summed E-state index contributed by atoms with van der Waals surface area (Å²) in [6.45, 7) is 2.49. The molecule has 0 aromatic carbocycles. The summed E-state index contributed by atoms with van der Waals surface area (Å²) in [4.78, 5) is 33.8. The van der Waals surface area contributed by atoms with E-state index in [0.717, 1.165) is 16.9 Å². The number of esters is 1. The van der Waals surface area contributed by atoms with Gasteiger partial charge in [0.05, 0.1) is 42.1 Å². The van der Waals surface area contributed by atoms with Gasteiger partial charge in [-0.2, -0.15) is 0 Å². The molecule has 5 aromatic heterocycles. The molecule has 0 amide bonds. The third-order valence-electron chi connectivity index (χ3n) is 7.06. The first-order chi connectivity index (χ1) is 19.4. The van der Waals surface area contributed by atoms with E-state index >= 15 is 0 Å². The predicted molar refractivity (Wildman–Crippen MR) is 144 cm³/mol. The van der Waals surface area contributed by atoms with Gasteiger partial charge in [-0.1, -0.05) is 22.9 Å². The van der Waals surface area contributed by atoms with Crippen LogP contribution in [0.5, 0.6) is 0 Å². The van der Waals surface area contributed by atoms with E-state index in [2.05, 4.69) is 27.6 Å². The minimum absolute atomic E-state index is 0.00495. The monoisotopic (exact) mass is 563 g/mol. The molecule has 1 saturated carbocycles. The van der Waals surface area contributed by atoms with Crippen LogP contribution in [0.15, 0.2) is 43.2 Å². The molecule has 206 valence electrons. The highest BCUT2D eigenvalue weighted by atomic mass is 35.5. The van der Waals surface area contributed by atoms with Crippen molar-refractivity contribution in [1.82, 2.24) is 33.8 Å². The average Bonchev–Trinajstić information content (AvgIpc) is 3.34. The summed E-state index contributed by atoms with van der Waals surface area (Å²) in [6, 6.07) is 3.61. The van der Waals surface area contributed by atoms with Crippen molar-refractivity contribution < 1.29 is 18.7 Å². The highest BCUT2D eigenvalue weighted by molar-refractivity contribution is 6.31. The van der Waals surface area contributed by atoms with Crippen LogP contribution < -0.4 is 0 Å². The summed E-state index contributed by atoms with van der Waals surface area (Å²) >= 11 is 5.91. The Morgan fingerprint density at radius 2 is 2.00 bits per heavy atom. The number of hydrogen-bond donors (Lipinski definition) is 0. The summed E-state index contributed by atoms with van der Waals surface area (Å²) in [5.41, 5.74) is 4.74. The van der Waals surface area contributed by atoms with E-state index in [1.807, 2.05) is 10.6 Å². The first-order valence-electron chi connectivity index (χ1n) is 13.3. The molecule has 5 aromatic rings. The molecule has 5 heterocycles. The molecule has 0 radical (unpaired) electrons. The molecule has 0 unspecified atom stereocenters. The molecule has 40 heavy (non-hydrogen) atoms. The summed E-state index contributed by atoms with van der Waals surface area (Å²) < 4.78 is 24.7. The van der Waals surface area contributed by atoms with Crippen LogP contribution in [0.2, 0.25) is 5.02 Å². The zero-order valence-electron chi connectivity index (χ0n) is 21.9. The summed E-state index contributed by atoms with van der Waals surface area (Å²) in [5.74, 6) is -0.454. The van der Waals surface area contributed by atoms with Crippen molar-refractivity contribution in [3.63, 3.8) is 0 Å². The number of nitrogens with zero attached hydrogens (tertiary/aromatic N) is 7. The molecule has 0 spiro atoms. The van der Waals surface area contributed by atoms with Crippen LogP contribution in [-0.4, -0.2) is 52.1 Å². The largest absolute Gasteiger partial charge is 0.466 e. The van der Waals surface area contributed by atoms with E-state index in [1.54, 1.807) is 28.4 Å². The normalized spacial score (nSPS) is 13.4. The number of pyridine rings is 2. The number of carbonyl (C=O) groups is 2. The number of rotatable bonds is 11. The topological polar surface area (TPSA) is 109 Å². The van der Waals surface area contributed by atoms with E-state index < -0.39 is 5.82 Å². The van der Waals surface area contributed by atoms with E-state index in [-0.39, 0.29) is 40.8 Å². The molecular weight excluding hydrogens is 537 g/mol. The van der Waals surface area contributed by atoms with Gasteiger partial charge in [0.1, 0.15) is 16.9 Å². The van der Waals surface area contributed by atoms with Crippen molar-refractivity contribution in [3.8, 4) is 0 Å². The predicted octanol–water partition coefficient (Wildman–Crippen LogP) is 4.60. The van der Waals surface area contributed by atoms with Crippen molar-refractivity contribution >= 4 is 34.5 Å². The van der Waals surface area contributed by atoms with Gasteiger partial charge in [0.25, 0.3) is 0 Å². The molecule has 6 rings (SSSR count). The lowest BCUT2D eigenvalue weighted by atomic mass is 10.1. The lowest BCUT2D eigenvalue weighted by molar-refractivity contribution is -0.143. The van der Waals surface area contributed by atoms with Gasteiger partial charge in [-0.3, -0.25) is 9.59 Å². The number of hydrogen-bond acceptors (Lipinski definition) is 7. The second-order valence-corrected chi connectivity index (χ2v) is 10.4. The van der Waals surface area contributed by atoms with Crippen LogP contribution >= 0.6 is 11.6 Å². The Balaban J connectivity index is 1.15. The number of ether oxygens (including phenoxy) is 1. The molecule has 12 heteroatoms. The summed E-state index contributed by atoms with van der Waals surface area (Å²) in [7, 11) is 0. The van der Waals surface area contributed by atoms with Gasteiger partial charge < -0.3 is 13.5 Å². The van der Waals surface area contributed by atoms with E-state index in [0.29, 0.717) is 37.6 Å². The number of fused-ring (bicyclic) bond motifs is 2. The number of ketones is 1. The average molecular weight is 564 g/mol. The molecule has 1 aliphatic rings. The van der Waals surface area contributed by atoms with Crippen molar-refractivity contribution in [1.29, 1.82) is 0 Å². The highest BCUT2D eigenvalue weighted by Crippen LogP contribution is 2.40. The first kappa shape index (κ1) is 26.1. The van der Waals surface area contributed by atoms with Gasteiger partial charge in [0.15, 0.2) is 11.6 Å². The van der Waals surface area contributed by atoms with E-state index in [9.17, 15) is 14.0 Å². The van der Waals surface area contributed by atoms with Gasteiger partial charge in [-0.25, -0.2) is 19.0 Å². The summed E-state index contributed by atoms with van der Waals surface area (Å²) in [5, 5.41) is 8.17. The van der Waals surface area contributed by atoms with Gasteiger partial charge >= 0.3 is 5.97 Å². The Hall–Kier alpha value is -4.12. The number of imidazole rings is 2. The maximum Gasteiger partial charge on any atom is 0.306 e. The Morgan fingerprint density at radius 1 is 1.15 bits per heavy atom. The maximum atomic E-state index is 14.5. The Morgan fingerprint density at radius 3 is 2.80 bits per heavy atom. The Kier molecular flexibility index (Phi) is 7.05. The maximum absolute atomic E-state index is 14.5. The molecule has 0 bridgehead atoms. The fourth-order valence-corrected chi connectivity index (χ4v) is 5.06. The van der Waals surface area contributed by atoms with Crippen LogP contribution in [0.3, 0.4) is 0 Å². The molecule has 0 aliphatic heterocycles. The third kappa shape index (κ3) is 5.33. The number of aryl methyl sites for hydroxylation is 2. The highest BCUT2D eigenvalue weighted by Gasteiger charge is 2.25. The zero-order valence-corrected chi connectivity index (χ0v) is 22.6. The van der Waals surface area contributed by atoms with Crippen molar-refractivity contribution in [2.75, 3.05) is 6.61 Å². The van der Waals surface area contributed by atoms with E-state index in [4.69, 9.17) is 21.3 Å². The van der Waals surface area contributed by atoms with Crippen LogP contribution in [-0.2, 0) is 28.9 Å². The molecular formula is C28H27ClFN7O3. The van der Waals surface area contributed by atoms with Crippen LogP contribution in [0.25, 0.3) is 11.2 Å². The third-order valence-corrected chi connectivity index (χ3v) is 7.35. The van der Waals surface area contributed by atoms with E-state index in [1.165, 1.54) is 30.8 Å². The molecule has 1 aliphatic carbocycles. The smallest absolute Gasteiger partial charge is 0.306 e. The second-order valence-electron chi connectivity index (χ2n) is 9.99. The van der Waals surface area contributed by atoms with Gasteiger partial charge in [0.2, 0.25) is 0 Å². The van der Waals surface area contributed by atoms with Crippen LogP contribution in [0, 0.1) is 5.82 Å². The molecule has 1 fully saturated rings. The van der Waals surface area contributed by atoms with Crippen LogP contribution in [0.1, 0.15) is 71.5 Å². The summed E-state index contributed by atoms with van der Waals surface area (Å²) in [6.07, 6.45) is 12.3. The molecule has 10 nitrogen and oxygen atoms in total. The zero-order chi connectivity index (χ0) is 27.8. The van der Waals surface area contributed by atoms with Crippen molar-refractivity contribution in [2.45, 2.75) is 57.9 Å². The minimum Gasteiger partial charge on any atom is -0.466 e. The Labute approximate surface area is 233 Å². The Bertz CT molecular complexity index is 1740. The lowest BCUT2D eigenvalue weighted by Gasteiger charge is -2.07. The van der Waals surface area contributed by atoms with Gasteiger partial charge in [-0.05, 0) is 55.7 Å². The standard InChI is InChI=1S/C28H27ClFN7O3/c1-2-40-25(39)8-5-18-11-19(17-3-4-17)12-36-13-20(32-28(18)36)14-37-15-23(33-34-37)24(38)7-6-22-27-26(30)21(29)9-10-35(27)16-31-22/h9-13,15-17H,2-8,14H2,1H3. The number of aromatic nitrogens is 7. The number of carbonyl (C=O) groups excluding carboxylic acids is 2. The van der Waals surface area contributed by atoms with Crippen molar-refractivity contribution in [2.24, 2.45) is 0 Å². The number of Topliss-reactive ketones (excluding diaryl/α,β-unsaturated/α-hetero) is 1. The minimum atomic E-state index is -0.559. The molecule has 0 atom stereocenters.